The fourth-order valence-corrected chi connectivity index (χ4v) is 2.31. The van der Waals surface area contributed by atoms with Crippen LogP contribution in [0.5, 0.6) is 0 Å². The Morgan fingerprint density at radius 1 is 1.35 bits per heavy atom. The lowest BCUT2D eigenvalue weighted by Gasteiger charge is -2.08. The monoisotopic (exact) mass is 291 g/mol. The minimum Gasteiger partial charge on any atom is -0.370 e. The minimum atomic E-state index is -0.170. The van der Waals surface area contributed by atoms with E-state index in [0.717, 1.165) is 36.1 Å². The Morgan fingerprint density at radius 3 is 2.90 bits per heavy atom. The van der Waals surface area contributed by atoms with E-state index in [4.69, 9.17) is 0 Å². The number of aromatic nitrogens is 4. The van der Waals surface area contributed by atoms with Crippen molar-refractivity contribution in [2.75, 3.05) is 11.9 Å². The smallest absolute Gasteiger partial charge is 0.251 e. The zero-order valence-electron chi connectivity index (χ0n) is 11.5. The van der Waals surface area contributed by atoms with Crippen LogP contribution in [-0.4, -0.2) is 26.5 Å². The Hall–Kier alpha value is -1.89. The minimum absolute atomic E-state index is 0.170. The highest BCUT2D eigenvalue weighted by molar-refractivity contribution is 7.99. The molecule has 0 aliphatic heterocycles. The Labute approximate surface area is 121 Å². The normalized spacial score (nSPS) is 10.5. The maximum atomic E-state index is 11.3. The van der Waals surface area contributed by atoms with Crippen LogP contribution in [0.15, 0.2) is 33.3 Å². The number of aryl methyl sites for hydroxylation is 1. The van der Waals surface area contributed by atoms with Gasteiger partial charge in [0.05, 0.1) is 0 Å². The van der Waals surface area contributed by atoms with Crippen molar-refractivity contribution in [2.24, 2.45) is 0 Å². The van der Waals surface area contributed by atoms with Gasteiger partial charge in [-0.15, -0.1) is 0 Å². The SMILES string of the molecule is CCCNc1cc(Sc2nccc(=O)[nH]2)nc(CC)n1. The maximum Gasteiger partial charge on any atom is 0.251 e. The second kappa shape index (κ2) is 7.04. The number of H-pyrrole nitrogens is 1. The van der Waals surface area contributed by atoms with Crippen molar-refractivity contribution >= 4 is 17.6 Å². The van der Waals surface area contributed by atoms with Crippen molar-refractivity contribution in [3.63, 3.8) is 0 Å². The molecule has 0 fully saturated rings. The summed E-state index contributed by atoms with van der Waals surface area (Å²) in [6, 6.07) is 3.25. The first-order valence-corrected chi connectivity index (χ1v) is 7.38. The largest absolute Gasteiger partial charge is 0.370 e. The molecule has 0 bridgehead atoms. The molecule has 0 amide bonds. The molecule has 0 unspecified atom stereocenters. The fraction of sp³-hybridized carbons (Fsp3) is 0.385. The van der Waals surface area contributed by atoms with Gasteiger partial charge in [0.2, 0.25) is 0 Å². The first kappa shape index (κ1) is 14.5. The molecule has 0 aliphatic rings. The van der Waals surface area contributed by atoms with E-state index >= 15 is 0 Å². The van der Waals surface area contributed by atoms with Gasteiger partial charge in [0.15, 0.2) is 5.16 Å². The van der Waals surface area contributed by atoms with E-state index in [1.165, 1.54) is 24.0 Å². The molecule has 2 aromatic heterocycles. The number of nitrogens with zero attached hydrogens (tertiary/aromatic N) is 3. The zero-order valence-corrected chi connectivity index (χ0v) is 12.3. The van der Waals surface area contributed by atoms with E-state index in [1.54, 1.807) is 0 Å². The summed E-state index contributed by atoms with van der Waals surface area (Å²) in [5.74, 6) is 1.58. The molecule has 0 saturated heterocycles. The maximum absolute atomic E-state index is 11.3. The summed E-state index contributed by atoms with van der Waals surface area (Å²) in [7, 11) is 0. The van der Waals surface area contributed by atoms with E-state index in [0.29, 0.717) is 5.16 Å². The summed E-state index contributed by atoms with van der Waals surface area (Å²) in [5, 5.41) is 4.55. The first-order chi connectivity index (χ1) is 9.71. The van der Waals surface area contributed by atoms with Crippen molar-refractivity contribution < 1.29 is 0 Å². The van der Waals surface area contributed by atoms with Crippen LogP contribution in [0.2, 0.25) is 0 Å². The molecular formula is C13H17N5OS. The van der Waals surface area contributed by atoms with E-state index in [9.17, 15) is 4.79 Å². The fourth-order valence-electron chi connectivity index (χ4n) is 1.53. The number of hydrogen-bond acceptors (Lipinski definition) is 6. The Morgan fingerprint density at radius 2 is 2.20 bits per heavy atom. The molecule has 0 atom stereocenters. The third-order valence-electron chi connectivity index (χ3n) is 2.47. The third kappa shape index (κ3) is 4.06. The Balaban J connectivity index is 2.23. The molecule has 0 radical (unpaired) electrons. The van der Waals surface area contributed by atoms with E-state index in [2.05, 4.69) is 32.2 Å². The number of hydrogen-bond donors (Lipinski definition) is 2. The molecule has 7 heteroatoms. The Kier molecular flexibility index (Phi) is 5.11. The summed E-state index contributed by atoms with van der Waals surface area (Å²) >= 11 is 1.32. The van der Waals surface area contributed by atoms with E-state index in [1.807, 2.05) is 13.0 Å². The van der Waals surface area contributed by atoms with Crippen molar-refractivity contribution in [1.29, 1.82) is 0 Å². The van der Waals surface area contributed by atoms with Gasteiger partial charge >= 0.3 is 0 Å². The summed E-state index contributed by atoms with van der Waals surface area (Å²) < 4.78 is 0. The summed E-state index contributed by atoms with van der Waals surface area (Å²) in [6.07, 6.45) is 3.27. The second-order valence-electron chi connectivity index (χ2n) is 4.13. The van der Waals surface area contributed by atoms with E-state index in [-0.39, 0.29) is 5.56 Å². The highest BCUT2D eigenvalue weighted by Gasteiger charge is 2.06. The molecule has 0 spiro atoms. The van der Waals surface area contributed by atoms with Gasteiger partial charge in [-0.3, -0.25) is 4.79 Å². The lowest BCUT2D eigenvalue weighted by Crippen LogP contribution is -2.07. The van der Waals surface area contributed by atoms with Crippen molar-refractivity contribution in [3.05, 3.63) is 34.5 Å². The molecule has 20 heavy (non-hydrogen) atoms. The summed E-state index contributed by atoms with van der Waals surface area (Å²) in [5.41, 5.74) is -0.170. The lowest BCUT2D eigenvalue weighted by molar-refractivity contribution is 0.871. The molecule has 0 aromatic carbocycles. The summed E-state index contributed by atoms with van der Waals surface area (Å²) in [6.45, 7) is 4.98. The molecule has 6 nitrogen and oxygen atoms in total. The van der Waals surface area contributed by atoms with Gasteiger partial charge in [-0.1, -0.05) is 13.8 Å². The Bertz CT molecular complexity index is 628. The highest BCUT2D eigenvalue weighted by Crippen LogP contribution is 2.23. The number of nitrogens with one attached hydrogen (secondary N) is 2. The topological polar surface area (TPSA) is 83.6 Å². The molecule has 0 saturated carbocycles. The molecule has 2 rings (SSSR count). The quantitative estimate of drug-likeness (QED) is 0.626. The van der Waals surface area contributed by atoms with Crippen LogP contribution in [-0.2, 0) is 6.42 Å². The van der Waals surface area contributed by atoms with Crippen molar-refractivity contribution in [2.45, 2.75) is 36.9 Å². The predicted molar refractivity (Wildman–Crippen MR) is 79.2 cm³/mol. The van der Waals surface area contributed by atoms with Gasteiger partial charge < -0.3 is 10.3 Å². The molecule has 106 valence electrons. The number of aromatic amines is 1. The van der Waals surface area contributed by atoms with Gasteiger partial charge in [-0.2, -0.15) is 0 Å². The second-order valence-corrected chi connectivity index (χ2v) is 5.14. The number of rotatable bonds is 6. The lowest BCUT2D eigenvalue weighted by atomic mass is 10.4. The molecule has 2 N–H and O–H groups in total. The van der Waals surface area contributed by atoms with Crippen LogP contribution < -0.4 is 10.9 Å². The first-order valence-electron chi connectivity index (χ1n) is 6.56. The van der Waals surface area contributed by atoms with Crippen molar-refractivity contribution in [1.82, 2.24) is 19.9 Å². The average Bonchev–Trinajstić information content (AvgIpc) is 2.45. The van der Waals surface area contributed by atoms with Crippen LogP contribution in [0.25, 0.3) is 0 Å². The van der Waals surface area contributed by atoms with Crippen molar-refractivity contribution in [3.8, 4) is 0 Å². The van der Waals surface area contributed by atoms with Crippen LogP contribution in [0.4, 0.5) is 5.82 Å². The van der Waals surface area contributed by atoms with Crippen LogP contribution in [0.1, 0.15) is 26.1 Å². The number of anilines is 1. The van der Waals surface area contributed by atoms with Crippen LogP contribution >= 0.6 is 11.8 Å². The van der Waals surface area contributed by atoms with Crippen LogP contribution in [0.3, 0.4) is 0 Å². The molecular weight excluding hydrogens is 274 g/mol. The van der Waals surface area contributed by atoms with Gasteiger partial charge in [-0.25, -0.2) is 15.0 Å². The van der Waals surface area contributed by atoms with Gasteiger partial charge in [0.1, 0.15) is 16.7 Å². The zero-order chi connectivity index (χ0) is 14.4. The summed E-state index contributed by atoms with van der Waals surface area (Å²) in [4.78, 5) is 26.9. The predicted octanol–water partition coefficient (Wildman–Crippen LogP) is 2.10. The highest BCUT2D eigenvalue weighted by atomic mass is 32.2. The standard InChI is InChI=1S/C13H17N5OS/c1-3-6-14-10-8-12(17-9(4-2)16-10)20-13-15-7-5-11(19)18-13/h5,7-8H,3-4,6H2,1-2H3,(H,14,16,17)(H,15,18,19). The third-order valence-corrected chi connectivity index (χ3v) is 3.29. The molecule has 2 heterocycles. The van der Waals surface area contributed by atoms with E-state index < -0.39 is 0 Å². The molecule has 2 aromatic rings. The van der Waals surface area contributed by atoms with Gasteiger partial charge in [0, 0.05) is 31.3 Å². The van der Waals surface area contributed by atoms with Gasteiger partial charge in [0.25, 0.3) is 5.56 Å². The van der Waals surface area contributed by atoms with Gasteiger partial charge in [-0.05, 0) is 18.2 Å². The average molecular weight is 291 g/mol. The molecule has 0 aliphatic carbocycles. The van der Waals surface area contributed by atoms with Crippen LogP contribution in [0, 0.1) is 0 Å².